The molecule has 0 spiro atoms. The molecular weight excluding hydrogens is 262 g/mol. The number of aryl methyl sites for hydroxylation is 2. The molecule has 1 aromatic carbocycles. The topological polar surface area (TPSA) is 41.5 Å². The summed E-state index contributed by atoms with van der Waals surface area (Å²) in [6.07, 6.45) is 4.87. The molecule has 116 valence electrons. The zero-order valence-electron chi connectivity index (χ0n) is 13.4. The Morgan fingerprint density at radius 2 is 1.90 bits per heavy atom. The van der Waals surface area contributed by atoms with Crippen LogP contribution in [0.4, 0.5) is 0 Å². The summed E-state index contributed by atoms with van der Waals surface area (Å²) in [5.41, 5.74) is 3.45. The number of hydrogen-bond donors (Lipinski definition) is 2. The van der Waals surface area contributed by atoms with Gasteiger partial charge < -0.3 is 15.2 Å². The van der Waals surface area contributed by atoms with E-state index in [-0.39, 0.29) is 12.1 Å². The fourth-order valence-electron chi connectivity index (χ4n) is 3.13. The summed E-state index contributed by atoms with van der Waals surface area (Å²) < 4.78 is 6.16. The fraction of sp³-hybridized carbons (Fsp3) is 0.667. The Morgan fingerprint density at radius 1 is 1.19 bits per heavy atom. The molecule has 2 saturated carbocycles. The summed E-state index contributed by atoms with van der Waals surface area (Å²) in [4.78, 5) is 0. The normalized spacial score (nSPS) is 21.1. The van der Waals surface area contributed by atoms with Gasteiger partial charge in [0.1, 0.15) is 12.4 Å². The van der Waals surface area contributed by atoms with Crippen LogP contribution in [0, 0.1) is 26.7 Å². The molecule has 1 aromatic rings. The van der Waals surface area contributed by atoms with Crippen molar-refractivity contribution < 1.29 is 9.84 Å². The first-order valence-corrected chi connectivity index (χ1v) is 8.13. The summed E-state index contributed by atoms with van der Waals surface area (Å²) >= 11 is 0. The molecule has 3 nitrogen and oxygen atoms in total. The van der Waals surface area contributed by atoms with Gasteiger partial charge in [-0.3, -0.25) is 0 Å². The van der Waals surface area contributed by atoms with Crippen molar-refractivity contribution in [1.29, 1.82) is 0 Å². The van der Waals surface area contributed by atoms with Crippen LogP contribution in [-0.2, 0) is 0 Å². The average Bonchev–Trinajstić information content (AvgIpc) is 3.32. The van der Waals surface area contributed by atoms with Gasteiger partial charge in [0.15, 0.2) is 0 Å². The summed E-state index contributed by atoms with van der Waals surface area (Å²) in [5.74, 6) is 1.53. The third-order valence-electron chi connectivity index (χ3n) is 4.96. The summed E-state index contributed by atoms with van der Waals surface area (Å²) in [6, 6.07) is 4.88. The van der Waals surface area contributed by atoms with Crippen LogP contribution in [0.15, 0.2) is 12.1 Å². The Labute approximate surface area is 127 Å². The van der Waals surface area contributed by atoms with E-state index in [0.717, 1.165) is 5.75 Å². The lowest BCUT2D eigenvalue weighted by Crippen LogP contribution is -2.56. The molecule has 2 aliphatic rings. The molecule has 0 saturated heterocycles. The van der Waals surface area contributed by atoms with E-state index in [9.17, 15) is 5.11 Å². The van der Waals surface area contributed by atoms with Crippen LogP contribution in [0.25, 0.3) is 0 Å². The number of hydrogen-bond acceptors (Lipinski definition) is 3. The van der Waals surface area contributed by atoms with Crippen LogP contribution in [0.1, 0.15) is 42.4 Å². The quantitative estimate of drug-likeness (QED) is 0.811. The summed E-state index contributed by atoms with van der Waals surface area (Å²) in [7, 11) is 0. The van der Waals surface area contributed by atoms with E-state index in [0.29, 0.717) is 18.6 Å². The minimum Gasteiger partial charge on any atom is -0.491 e. The molecule has 0 radical (unpaired) electrons. The van der Waals surface area contributed by atoms with E-state index in [4.69, 9.17) is 4.74 Å². The number of nitrogens with one attached hydrogen (secondary N) is 1. The molecule has 0 bridgehead atoms. The lowest BCUT2D eigenvalue weighted by atomic mass is 9.94. The van der Waals surface area contributed by atoms with E-state index in [1.165, 1.54) is 42.4 Å². The molecule has 0 aromatic heterocycles. The number of aliphatic hydroxyl groups is 1. The first-order valence-electron chi connectivity index (χ1n) is 8.13. The Bertz CT molecular complexity index is 520. The first kappa shape index (κ1) is 14.9. The van der Waals surface area contributed by atoms with Crippen molar-refractivity contribution in [3.63, 3.8) is 0 Å². The predicted molar refractivity (Wildman–Crippen MR) is 84.8 cm³/mol. The highest BCUT2D eigenvalue weighted by molar-refractivity contribution is 5.42. The lowest BCUT2D eigenvalue weighted by molar-refractivity contribution is 0.0828. The maximum Gasteiger partial charge on any atom is 0.122 e. The maximum atomic E-state index is 9.98. The predicted octanol–water partition coefficient (Wildman–Crippen LogP) is 2.88. The highest BCUT2D eigenvalue weighted by Crippen LogP contribution is 2.42. The molecule has 2 N–H and O–H groups in total. The monoisotopic (exact) mass is 289 g/mol. The molecule has 1 atom stereocenters. The van der Waals surface area contributed by atoms with Crippen LogP contribution in [0.2, 0.25) is 0 Å². The van der Waals surface area contributed by atoms with Gasteiger partial charge in [-0.15, -0.1) is 0 Å². The molecular formula is C18H27NO2. The SMILES string of the molecule is Cc1cc(C)c(C)c(OCC(CO)(NC2CC2)C2CC2)c1. The Balaban J connectivity index is 1.74. The maximum absolute atomic E-state index is 9.98. The second kappa shape index (κ2) is 5.62. The number of aliphatic hydroxyl groups excluding tert-OH is 1. The highest BCUT2D eigenvalue weighted by Gasteiger charge is 2.48. The van der Waals surface area contributed by atoms with Gasteiger partial charge in [-0.2, -0.15) is 0 Å². The van der Waals surface area contributed by atoms with Crippen LogP contribution in [0.5, 0.6) is 5.75 Å². The Morgan fingerprint density at radius 3 is 2.48 bits per heavy atom. The van der Waals surface area contributed by atoms with Crippen molar-refractivity contribution in [1.82, 2.24) is 5.32 Å². The molecule has 21 heavy (non-hydrogen) atoms. The molecule has 2 fully saturated rings. The third-order valence-corrected chi connectivity index (χ3v) is 4.96. The van der Waals surface area contributed by atoms with Crippen molar-refractivity contribution in [2.24, 2.45) is 5.92 Å². The van der Waals surface area contributed by atoms with Gasteiger partial charge in [-0.05, 0) is 75.1 Å². The number of benzene rings is 1. The standard InChI is InChI=1S/C18H27NO2/c1-12-8-13(2)14(3)17(9-12)21-11-18(10-20,15-4-5-15)19-16-6-7-16/h8-9,15-16,19-20H,4-7,10-11H2,1-3H3. The molecule has 3 heteroatoms. The second-order valence-corrected chi connectivity index (χ2v) is 7.00. The van der Waals surface area contributed by atoms with E-state index >= 15 is 0 Å². The third kappa shape index (κ3) is 3.24. The molecule has 0 aliphatic heterocycles. The first-order chi connectivity index (χ1) is 10.0. The minimum absolute atomic E-state index is 0.165. The van der Waals surface area contributed by atoms with Gasteiger partial charge in [0.05, 0.1) is 12.1 Å². The van der Waals surface area contributed by atoms with Crippen molar-refractivity contribution in [2.75, 3.05) is 13.2 Å². The summed E-state index contributed by atoms with van der Waals surface area (Å²) in [6.45, 7) is 7.06. The van der Waals surface area contributed by atoms with Crippen LogP contribution < -0.4 is 10.1 Å². The number of rotatable bonds is 7. The lowest BCUT2D eigenvalue weighted by Gasteiger charge is -2.34. The van der Waals surface area contributed by atoms with E-state index in [1.54, 1.807) is 0 Å². The Hall–Kier alpha value is -1.06. The molecule has 3 rings (SSSR count). The zero-order chi connectivity index (χ0) is 15.0. The molecule has 1 unspecified atom stereocenters. The van der Waals surface area contributed by atoms with Gasteiger partial charge in [-0.1, -0.05) is 6.07 Å². The largest absolute Gasteiger partial charge is 0.491 e. The van der Waals surface area contributed by atoms with Gasteiger partial charge in [0, 0.05) is 6.04 Å². The van der Waals surface area contributed by atoms with Crippen LogP contribution in [-0.4, -0.2) is 29.9 Å². The van der Waals surface area contributed by atoms with Crippen LogP contribution >= 0.6 is 0 Å². The zero-order valence-corrected chi connectivity index (χ0v) is 13.4. The van der Waals surface area contributed by atoms with Crippen molar-refractivity contribution >= 4 is 0 Å². The summed E-state index contributed by atoms with van der Waals surface area (Å²) in [5, 5.41) is 13.6. The van der Waals surface area contributed by atoms with E-state index in [1.807, 2.05) is 0 Å². The van der Waals surface area contributed by atoms with Gasteiger partial charge in [0.2, 0.25) is 0 Å². The second-order valence-electron chi connectivity index (χ2n) is 7.00. The van der Waals surface area contributed by atoms with Gasteiger partial charge >= 0.3 is 0 Å². The fourth-order valence-corrected chi connectivity index (χ4v) is 3.13. The van der Waals surface area contributed by atoms with Crippen molar-refractivity contribution in [2.45, 2.75) is 58.0 Å². The molecule has 2 aliphatic carbocycles. The van der Waals surface area contributed by atoms with Gasteiger partial charge in [-0.25, -0.2) is 0 Å². The van der Waals surface area contributed by atoms with Crippen molar-refractivity contribution in [3.8, 4) is 5.75 Å². The number of ether oxygens (including phenoxy) is 1. The van der Waals surface area contributed by atoms with Crippen molar-refractivity contribution in [3.05, 3.63) is 28.8 Å². The van der Waals surface area contributed by atoms with Gasteiger partial charge in [0.25, 0.3) is 0 Å². The minimum atomic E-state index is -0.245. The Kier molecular flexibility index (Phi) is 3.98. The van der Waals surface area contributed by atoms with Crippen LogP contribution in [0.3, 0.4) is 0 Å². The average molecular weight is 289 g/mol. The van der Waals surface area contributed by atoms with E-state index in [2.05, 4.69) is 38.2 Å². The van der Waals surface area contributed by atoms with E-state index < -0.39 is 0 Å². The molecule has 0 amide bonds. The highest BCUT2D eigenvalue weighted by atomic mass is 16.5. The smallest absolute Gasteiger partial charge is 0.122 e. The molecule has 0 heterocycles.